The number of amides is 3. The number of thioether (sulfide) groups is 2. The van der Waals surface area contributed by atoms with Crippen LogP contribution in [0.2, 0.25) is 0 Å². The lowest BCUT2D eigenvalue weighted by atomic mass is 10.1. The second-order valence-corrected chi connectivity index (χ2v) is 9.39. The van der Waals surface area contributed by atoms with Crippen molar-refractivity contribution in [2.24, 2.45) is 5.73 Å². The molecule has 0 aromatic carbocycles. The average Bonchev–Trinajstić information content (AvgIpc) is 3.23. The lowest BCUT2D eigenvalue weighted by molar-refractivity contribution is -0.147. The van der Waals surface area contributed by atoms with E-state index in [1.807, 2.05) is 12.5 Å². The van der Waals surface area contributed by atoms with Crippen LogP contribution in [0.1, 0.15) is 32.1 Å². The molecule has 0 bridgehead atoms. The first-order valence-corrected chi connectivity index (χ1v) is 13.0. The van der Waals surface area contributed by atoms with Crippen molar-refractivity contribution in [2.75, 3.05) is 30.6 Å². The highest BCUT2D eigenvalue weighted by Gasteiger charge is 2.39. The monoisotopic (exact) mass is 492 g/mol. The molecule has 13 heteroatoms. The largest absolute Gasteiger partial charge is 0.481 e. The van der Waals surface area contributed by atoms with Crippen molar-refractivity contribution in [1.82, 2.24) is 15.5 Å². The molecule has 1 fully saturated rings. The molecule has 1 heterocycles. The number of carboxylic acids is 2. The van der Waals surface area contributed by atoms with Crippen LogP contribution in [-0.4, -0.2) is 99.5 Å². The molecule has 1 aliphatic heterocycles. The van der Waals surface area contributed by atoms with E-state index in [0.717, 1.165) is 0 Å². The number of likely N-dealkylation sites (tertiary alicyclic amines) is 1. The molecule has 11 nitrogen and oxygen atoms in total. The number of nitrogens with two attached hydrogens (primary N) is 1. The summed E-state index contributed by atoms with van der Waals surface area (Å²) in [6, 6.07) is -4.29. The maximum atomic E-state index is 13.1. The van der Waals surface area contributed by atoms with Crippen LogP contribution in [-0.2, 0) is 24.0 Å². The third-order valence-corrected chi connectivity index (χ3v) is 6.31. The second kappa shape index (κ2) is 14.2. The van der Waals surface area contributed by atoms with E-state index in [1.165, 1.54) is 28.4 Å². The number of hydrogen-bond acceptors (Lipinski definition) is 8. The van der Waals surface area contributed by atoms with Crippen LogP contribution < -0.4 is 16.4 Å². The van der Waals surface area contributed by atoms with Crippen molar-refractivity contribution >= 4 is 53.2 Å². The summed E-state index contributed by atoms with van der Waals surface area (Å²) in [5, 5.41) is 23.4. The van der Waals surface area contributed by atoms with Gasteiger partial charge in [-0.25, -0.2) is 4.79 Å². The molecule has 182 valence electrons. The van der Waals surface area contributed by atoms with Gasteiger partial charge >= 0.3 is 11.9 Å². The van der Waals surface area contributed by atoms with Crippen molar-refractivity contribution in [2.45, 2.75) is 56.3 Å². The number of nitrogens with one attached hydrogen (secondary N) is 2. The second-order valence-electron chi connectivity index (χ2n) is 7.42. The van der Waals surface area contributed by atoms with Crippen molar-refractivity contribution in [3.05, 3.63) is 0 Å². The Bertz CT molecular complexity index is 695. The van der Waals surface area contributed by atoms with Gasteiger partial charge < -0.3 is 31.5 Å². The fourth-order valence-corrected chi connectivity index (χ4v) is 4.25. The summed E-state index contributed by atoms with van der Waals surface area (Å²) in [4.78, 5) is 62.1. The molecule has 0 radical (unpaired) electrons. The molecule has 1 saturated heterocycles. The predicted octanol–water partition coefficient (Wildman–Crippen LogP) is -0.660. The highest BCUT2D eigenvalue weighted by Crippen LogP contribution is 2.20. The number of carboxylic acid groups (broad SMARTS) is 2. The van der Waals surface area contributed by atoms with E-state index in [9.17, 15) is 34.2 Å². The van der Waals surface area contributed by atoms with Crippen LogP contribution in [0.3, 0.4) is 0 Å². The van der Waals surface area contributed by atoms with E-state index in [4.69, 9.17) is 5.73 Å². The fourth-order valence-electron chi connectivity index (χ4n) is 3.29. The molecule has 32 heavy (non-hydrogen) atoms. The van der Waals surface area contributed by atoms with Gasteiger partial charge in [-0.2, -0.15) is 23.5 Å². The zero-order valence-electron chi connectivity index (χ0n) is 18.2. The zero-order chi connectivity index (χ0) is 24.3. The van der Waals surface area contributed by atoms with Gasteiger partial charge in [0.25, 0.3) is 0 Å². The molecule has 0 saturated carbocycles. The topological polar surface area (TPSA) is 179 Å². The summed E-state index contributed by atoms with van der Waals surface area (Å²) in [5.74, 6) is -3.24. The van der Waals surface area contributed by atoms with Gasteiger partial charge in [-0.1, -0.05) is 0 Å². The molecule has 0 aromatic rings. The normalized spacial score (nSPS) is 18.5. The quantitative estimate of drug-likeness (QED) is 0.209. The Labute approximate surface area is 195 Å². The van der Waals surface area contributed by atoms with Crippen LogP contribution in [0.15, 0.2) is 0 Å². The Morgan fingerprint density at radius 2 is 1.66 bits per heavy atom. The Kier molecular flexibility index (Phi) is 12.5. The van der Waals surface area contributed by atoms with Gasteiger partial charge in [-0.3, -0.25) is 19.2 Å². The first-order chi connectivity index (χ1) is 15.1. The van der Waals surface area contributed by atoms with Crippen LogP contribution in [0.4, 0.5) is 0 Å². The Hall–Kier alpha value is -1.99. The standard InChI is InChI=1S/C19H32N4O7S2/c1-31-8-5-11(20)16(26)22-13(10-15(24)25)18(28)23-7-3-4-14(23)17(27)21-12(19(29)30)6-9-32-2/h11-14H,3-10,20H2,1-2H3,(H,21,27)(H,22,26)(H,24,25)(H,29,30). The molecule has 1 aliphatic rings. The summed E-state index contributed by atoms with van der Waals surface area (Å²) in [6.45, 7) is 0.198. The van der Waals surface area contributed by atoms with Gasteiger partial charge in [0.05, 0.1) is 12.5 Å². The van der Waals surface area contributed by atoms with Gasteiger partial charge in [-0.15, -0.1) is 0 Å². The van der Waals surface area contributed by atoms with Crippen molar-refractivity contribution in [3.63, 3.8) is 0 Å². The lowest BCUT2D eigenvalue weighted by Gasteiger charge is -2.29. The molecule has 0 aromatic heterocycles. The number of aliphatic carboxylic acids is 2. The third-order valence-electron chi connectivity index (χ3n) is 5.03. The number of nitrogens with zero attached hydrogens (tertiary/aromatic N) is 1. The Morgan fingerprint density at radius 1 is 1.03 bits per heavy atom. The Balaban J connectivity index is 2.91. The van der Waals surface area contributed by atoms with Gasteiger partial charge in [0.1, 0.15) is 18.1 Å². The lowest BCUT2D eigenvalue weighted by Crippen LogP contribution is -2.57. The smallest absolute Gasteiger partial charge is 0.326 e. The molecule has 0 spiro atoms. The minimum absolute atomic E-state index is 0.198. The maximum Gasteiger partial charge on any atom is 0.326 e. The van der Waals surface area contributed by atoms with E-state index in [2.05, 4.69) is 10.6 Å². The van der Waals surface area contributed by atoms with Gasteiger partial charge in [-0.05, 0) is 49.7 Å². The third kappa shape index (κ3) is 8.87. The van der Waals surface area contributed by atoms with Crippen molar-refractivity contribution in [1.29, 1.82) is 0 Å². The van der Waals surface area contributed by atoms with Gasteiger partial charge in [0.2, 0.25) is 17.7 Å². The molecule has 1 rings (SSSR count). The fraction of sp³-hybridized carbons (Fsp3) is 0.737. The first-order valence-electron chi connectivity index (χ1n) is 10.2. The van der Waals surface area contributed by atoms with Crippen LogP contribution in [0.25, 0.3) is 0 Å². The summed E-state index contributed by atoms with van der Waals surface area (Å²) >= 11 is 2.95. The summed E-state index contributed by atoms with van der Waals surface area (Å²) in [7, 11) is 0. The number of rotatable bonds is 14. The average molecular weight is 493 g/mol. The van der Waals surface area contributed by atoms with E-state index in [-0.39, 0.29) is 13.0 Å². The summed E-state index contributed by atoms with van der Waals surface area (Å²) in [6.07, 6.45) is 4.42. The highest BCUT2D eigenvalue weighted by atomic mass is 32.2. The molecule has 4 atom stereocenters. The highest BCUT2D eigenvalue weighted by molar-refractivity contribution is 7.98. The van der Waals surface area contributed by atoms with Crippen LogP contribution in [0.5, 0.6) is 0 Å². The minimum Gasteiger partial charge on any atom is -0.481 e. The van der Waals surface area contributed by atoms with E-state index in [0.29, 0.717) is 30.8 Å². The van der Waals surface area contributed by atoms with Crippen molar-refractivity contribution < 1.29 is 34.2 Å². The van der Waals surface area contributed by atoms with Crippen molar-refractivity contribution in [3.8, 4) is 0 Å². The molecule has 6 N–H and O–H groups in total. The van der Waals surface area contributed by atoms with Crippen LogP contribution in [0, 0.1) is 0 Å². The SMILES string of the molecule is CSCCC(N)C(=O)NC(CC(=O)O)C(=O)N1CCCC1C(=O)NC(CCSC)C(=O)O. The van der Waals surface area contributed by atoms with E-state index >= 15 is 0 Å². The molecule has 4 unspecified atom stereocenters. The van der Waals surface area contributed by atoms with E-state index in [1.54, 1.807) is 0 Å². The van der Waals surface area contributed by atoms with Gasteiger partial charge in [0, 0.05) is 6.54 Å². The number of carbonyl (C=O) groups is 5. The molecular weight excluding hydrogens is 460 g/mol. The Morgan fingerprint density at radius 3 is 2.22 bits per heavy atom. The molecule has 0 aliphatic carbocycles. The zero-order valence-corrected chi connectivity index (χ0v) is 19.9. The molecule has 3 amide bonds. The summed E-state index contributed by atoms with van der Waals surface area (Å²) < 4.78 is 0. The van der Waals surface area contributed by atoms with E-state index < -0.39 is 60.2 Å². The minimum atomic E-state index is -1.37. The van der Waals surface area contributed by atoms with Crippen LogP contribution >= 0.6 is 23.5 Å². The maximum absolute atomic E-state index is 13.1. The van der Waals surface area contributed by atoms with Gasteiger partial charge in [0.15, 0.2) is 0 Å². The predicted molar refractivity (Wildman–Crippen MR) is 122 cm³/mol. The number of carbonyl (C=O) groups excluding carboxylic acids is 3. The summed E-state index contributed by atoms with van der Waals surface area (Å²) in [5.41, 5.74) is 5.82. The first kappa shape index (κ1) is 28.0. The number of hydrogen-bond donors (Lipinski definition) is 5. The molecular formula is C19H32N4O7S2.